The lowest BCUT2D eigenvalue weighted by Crippen LogP contribution is -2.50. The Labute approximate surface area is 181 Å². The second kappa shape index (κ2) is 10.5. The summed E-state index contributed by atoms with van der Waals surface area (Å²) in [7, 11) is 0. The van der Waals surface area contributed by atoms with Crippen LogP contribution in [0.25, 0.3) is 10.8 Å². The summed E-state index contributed by atoms with van der Waals surface area (Å²) < 4.78 is 0. The molecule has 3 aromatic rings. The lowest BCUT2D eigenvalue weighted by Gasteiger charge is -2.22. The number of aryl methyl sites for hydroxylation is 1. The van der Waals surface area contributed by atoms with Crippen LogP contribution in [0.1, 0.15) is 31.5 Å². The van der Waals surface area contributed by atoms with Crippen molar-refractivity contribution in [3.05, 3.63) is 76.2 Å². The van der Waals surface area contributed by atoms with Crippen molar-refractivity contribution in [2.24, 2.45) is 5.92 Å². The van der Waals surface area contributed by atoms with Crippen LogP contribution < -0.4 is 16.2 Å². The molecule has 0 aliphatic heterocycles. The minimum Gasteiger partial charge on any atom is -0.354 e. The quantitative estimate of drug-likeness (QED) is 0.462. The molecule has 2 amide bonds. The molecule has 0 aliphatic carbocycles. The van der Waals surface area contributed by atoms with E-state index in [2.05, 4.69) is 33.0 Å². The van der Waals surface area contributed by atoms with Gasteiger partial charge in [0.25, 0.3) is 5.56 Å². The molecule has 1 atom stereocenters. The molecule has 2 aromatic carbocycles. The monoisotopic (exact) mass is 420 g/mol. The number of nitrogens with zero attached hydrogens (tertiary/aromatic N) is 1. The standard InChI is InChI=1S/C24H28N4O3/c1-16(2)22(24(31)25-14-8-11-17-9-4-3-5-10-17)26-21(29)15-20-18-12-6-7-13-19(18)23(30)28-27-20/h3-7,9-10,12-13,16,22H,8,11,14-15H2,1-2H3,(H,25,31)(H,26,29)(H,28,30). The van der Waals surface area contributed by atoms with Gasteiger partial charge in [0, 0.05) is 11.9 Å². The minimum atomic E-state index is -0.641. The number of H-pyrrole nitrogens is 1. The Morgan fingerprint density at radius 2 is 1.68 bits per heavy atom. The largest absolute Gasteiger partial charge is 0.354 e. The smallest absolute Gasteiger partial charge is 0.272 e. The molecule has 0 aliphatic rings. The Morgan fingerprint density at radius 3 is 2.39 bits per heavy atom. The average Bonchev–Trinajstić information content (AvgIpc) is 2.77. The molecule has 1 heterocycles. The number of carbonyl (C=O) groups excluding carboxylic acids is 2. The number of aromatic amines is 1. The number of fused-ring (bicyclic) bond motifs is 1. The molecule has 31 heavy (non-hydrogen) atoms. The number of aromatic nitrogens is 2. The van der Waals surface area contributed by atoms with Crippen LogP contribution in [-0.4, -0.2) is 34.6 Å². The summed E-state index contributed by atoms with van der Waals surface area (Å²) >= 11 is 0. The van der Waals surface area contributed by atoms with E-state index in [9.17, 15) is 14.4 Å². The first-order chi connectivity index (χ1) is 15.0. The van der Waals surface area contributed by atoms with Crippen molar-refractivity contribution < 1.29 is 9.59 Å². The van der Waals surface area contributed by atoms with E-state index in [0.717, 1.165) is 12.8 Å². The number of benzene rings is 2. The van der Waals surface area contributed by atoms with Crippen molar-refractivity contribution in [2.45, 2.75) is 39.2 Å². The third-order valence-corrected chi connectivity index (χ3v) is 5.15. The molecule has 7 nitrogen and oxygen atoms in total. The summed E-state index contributed by atoms with van der Waals surface area (Å²) in [6.07, 6.45) is 1.67. The minimum absolute atomic E-state index is 0.0260. The fraction of sp³-hybridized carbons (Fsp3) is 0.333. The van der Waals surface area contributed by atoms with Crippen LogP contribution in [0.5, 0.6) is 0 Å². The molecule has 0 spiro atoms. The van der Waals surface area contributed by atoms with Gasteiger partial charge in [-0.2, -0.15) is 5.10 Å². The van der Waals surface area contributed by atoms with E-state index >= 15 is 0 Å². The Hall–Kier alpha value is -3.48. The van der Waals surface area contributed by atoms with Crippen molar-refractivity contribution >= 4 is 22.6 Å². The molecule has 0 saturated heterocycles. The van der Waals surface area contributed by atoms with Crippen molar-refractivity contribution in [1.29, 1.82) is 0 Å². The number of nitrogens with one attached hydrogen (secondary N) is 3. The highest BCUT2D eigenvalue weighted by molar-refractivity contribution is 5.91. The number of amides is 2. The summed E-state index contributed by atoms with van der Waals surface area (Å²) in [6.45, 7) is 4.32. The van der Waals surface area contributed by atoms with Gasteiger partial charge in [0.15, 0.2) is 0 Å². The van der Waals surface area contributed by atoms with Gasteiger partial charge >= 0.3 is 0 Å². The van der Waals surface area contributed by atoms with Crippen LogP contribution in [0.15, 0.2) is 59.4 Å². The highest BCUT2D eigenvalue weighted by Crippen LogP contribution is 2.13. The summed E-state index contributed by atoms with van der Waals surface area (Å²) in [5, 5.41) is 13.3. The van der Waals surface area contributed by atoms with Crippen molar-refractivity contribution in [3.63, 3.8) is 0 Å². The second-order valence-corrected chi connectivity index (χ2v) is 7.89. The van der Waals surface area contributed by atoms with Gasteiger partial charge in [-0.15, -0.1) is 0 Å². The maximum atomic E-state index is 12.7. The lowest BCUT2D eigenvalue weighted by molar-refractivity contribution is -0.129. The number of rotatable bonds is 9. The number of hydrogen-bond acceptors (Lipinski definition) is 4. The summed E-state index contributed by atoms with van der Waals surface area (Å²) in [5.74, 6) is -0.586. The fourth-order valence-corrected chi connectivity index (χ4v) is 3.48. The fourth-order valence-electron chi connectivity index (χ4n) is 3.48. The predicted molar refractivity (Wildman–Crippen MR) is 121 cm³/mol. The van der Waals surface area contributed by atoms with E-state index in [1.54, 1.807) is 24.3 Å². The summed E-state index contributed by atoms with van der Waals surface area (Å²) in [5.41, 5.74) is 1.40. The van der Waals surface area contributed by atoms with Crippen LogP contribution in [0, 0.1) is 5.92 Å². The van der Waals surface area contributed by atoms with Crippen LogP contribution in [0.2, 0.25) is 0 Å². The van der Waals surface area contributed by atoms with Crippen molar-refractivity contribution in [1.82, 2.24) is 20.8 Å². The molecule has 7 heteroatoms. The Balaban J connectivity index is 1.57. The molecule has 3 rings (SSSR count). The molecular formula is C24H28N4O3. The highest BCUT2D eigenvalue weighted by Gasteiger charge is 2.24. The Bertz CT molecular complexity index is 1090. The lowest BCUT2D eigenvalue weighted by atomic mass is 10.0. The van der Waals surface area contributed by atoms with E-state index in [4.69, 9.17) is 0 Å². The van der Waals surface area contributed by atoms with Gasteiger partial charge in [0.1, 0.15) is 6.04 Å². The van der Waals surface area contributed by atoms with Gasteiger partial charge in [0.2, 0.25) is 11.8 Å². The first-order valence-corrected chi connectivity index (χ1v) is 10.5. The summed E-state index contributed by atoms with van der Waals surface area (Å²) in [6, 6.07) is 16.5. The van der Waals surface area contributed by atoms with E-state index in [1.807, 2.05) is 32.0 Å². The highest BCUT2D eigenvalue weighted by atomic mass is 16.2. The zero-order valence-electron chi connectivity index (χ0n) is 17.9. The zero-order valence-corrected chi connectivity index (χ0v) is 17.9. The first-order valence-electron chi connectivity index (χ1n) is 10.5. The van der Waals surface area contributed by atoms with Gasteiger partial charge < -0.3 is 10.6 Å². The molecule has 0 radical (unpaired) electrons. The topological polar surface area (TPSA) is 104 Å². The van der Waals surface area contributed by atoms with Crippen molar-refractivity contribution in [3.8, 4) is 0 Å². The van der Waals surface area contributed by atoms with Crippen LogP contribution in [-0.2, 0) is 22.4 Å². The molecule has 3 N–H and O–H groups in total. The predicted octanol–water partition coefficient (Wildman–Crippen LogP) is 2.36. The number of hydrogen-bond donors (Lipinski definition) is 3. The van der Waals surface area contributed by atoms with Crippen molar-refractivity contribution in [2.75, 3.05) is 6.54 Å². The zero-order chi connectivity index (χ0) is 22.2. The molecule has 0 saturated carbocycles. The molecule has 1 aromatic heterocycles. The first kappa shape index (κ1) is 22.2. The van der Waals surface area contributed by atoms with E-state index in [-0.39, 0.29) is 29.7 Å². The van der Waals surface area contributed by atoms with Gasteiger partial charge in [-0.05, 0) is 30.4 Å². The SMILES string of the molecule is CC(C)C(NC(=O)Cc1n[nH]c(=O)c2ccccc12)C(=O)NCCCc1ccccc1. The van der Waals surface area contributed by atoms with Crippen LogP contribution >= 0.6 is 0 Å². The maximum Gasteiger partial charge on any atom is 0.272 e. The van der Waals surface area contributed by atoms with E-state index in [1.165, 1.54) is 5.56 Å². The average molecular weight is 421 g/mol. The molecule has 1 unspecified atom stereocenters. The molecular weight excluding hydrogens is 392 g/mol. The third-order valence-electron chi connectivity index (χ3n) is 5.15. The molecule has 0 bridgehead atoms. The Kier molecular flexibility index (Phi) is 7.54. The maximum absolute atomic E-state index is 12.7. The van der Waals surface area contributed by atoms with Gasteiger partial charge in [0.05, 0.1) is 17.5 Å². The Morgan fingerprint density at radius 1 is 1.00 bits per heavy atom. The van der Waals surface area contributed by atoms with Gasteiger partial charge in [-0.1, -0.05) is 62.4 Å². The van der Waals surface area contributed by atoms with Crippen LogP contribution in [0.4, 0.5) is 0 Å². The van der Waals surface area contributed by atoms with Gasteiger partial charge in [-0.25, -0.2) is 5.10 Å². The second-order valence-electron chi connectivity index (χ2n) is 7.89. The molecule has 162 valence electrons. The van der Waals surface area contributed by atoms with E-state index < -0.39 is 6.04 Å². The summed E-state index contributed by atoms with van der Waals surface area (Å²) in [4.78, 5) is 37.2. The van der Waals surface area contributed by atoms with Crippen LogP contribution in [0.3, 0.4) is 0 Å². The van der Waals surface area contributed by atoms with E-state index in [0.29, 0.717) is 23.0 Å². The third kappa shape index (κ3) is 6.01. The van der Waals surface area contributed by atoms with Gasteiger partial charge in [-0.3, -0.25) is 14.4 Å². The normalized spacial score (nSPS) is 12.0. The molecule has 0 fully saturated rings. The number of carbonyl (C=O) groups is 2.